The average molecular weight is 322 g/mol. The maximum absolute atomic E-state index is 12.9. The minimum absolute atomic E-state index is 0.165. The van der Waals surface area contributed by atoms with E-state index in [1.807, 2.05) is 0 Å². The van der Waals surface area contributed by atoms with Crippen LogP contribution in [-0.2, 0) is 6.18 Å². The van der Waals surface area contributed by atoms with Gasteiger partial charge in [0, 0.05) is 16.7 Å². The first-order valence-corrected chi connectivity index (χ1v) is 6.78. The van der Waals surface area contributed by atoms with Crippen molar-refractivity contribution in [3.05, 3.63) is 28.2 Å². The molecule has 0 spiro atoms. The lowest BCUT2D eigenvalue weighted by molar-refractivity contribution is -0.137. The van der Waals surface area contributed by atoms with Gasteiger partial charge >= 0.3 is 6.18 Å². The van der Waals surface area contributed by atoms with Crippen molar-refractivity contribution in [2.75, 3.05) is 11.9 Å². The van der Waals surface area contributed by atoms with E-state index in [0.717, 1.165) is 6.07 Å². The van der Waals surface area contributed by atoms with Crippen molar-refractivity contribution in [1.29, 1.82) is 0 Å². The molecule has 5 heteroatoms. The fourth-order valence-corrected chi connectivity index (χ4v) is 2.37. The zero-order valence-electron chi connectivity index (χ0n) is 10.0. The quantitative estimate of drug-likeness (QED) is 0.829. The normalized spacial score (nSPS) is 17.6. The van der Waals surface area contributed by atoms with Crippen LogP contribution >= 0.6 is 15.9 Å². The predicted octanol–water partition coefficient (Wildman–Crippen LogP) is 4.93. The minimum Gasteiger partial charge on any atom is -0.384 e. The molecular weight excluding hydrogens is 307 g/mol. The Hall–Kier alpha value is -0.710. The summed E-state index contributed by atoms with van der Waals surface area (Å²) in [4.78, 5) is 0. The van der Waals surface area contributed by atoms with Gasteiger partial charge in [0.15, 0.2) is 0 Å². The Labute approximate surface area is 113 Å². The monoisotopic (exact) mass is 321 g/mol. The van der Waals surface area contributed by atoms with Gasteiger partial charge in [-0.2, -0.15) is 13.2 Å². The number of anilines is 1. The Morgan fingerprint density at radius 2 is 2.06 bits per heavy atom. The first-order chi connectivity index (χ1) is 8.38. The third kappa shape index (κ3) is 3.40. The van der Waals surface area contributed by atoms with Gasteiger partial charge in [-0.25, -0.2) is 0 Å². The summed E-state index contributed by atoms with van der Waals surface area (Å²) >= 11 is 3.07. The van der Waals surface area contributed by atoms with Crippen molar-refractivity contribution in [2.24, 2.45) is 11.8 Å². The molecule has 0 aliphatic heterocycles. The second kappa shape index (κ2) is 5.11. The predicted molar refractivity (Wildman–Crippen MR) is 69.5 cm³/mol. The number of hydrogen-bond donors (Lipinski definition) is 1. The van der Waals surface area contributed by atoms with Crippen molar-refractivity contribution >= 4 is 21.6 Å². The number of halogens is 4. The molecule has 18 heavy (non-hydrogen) atoms. The highest BCUT2D eigenvalue weighted by molar-refractivity contribution is 9.10. The molecule has 1 aromatic rings. The topological polar surface area (TPSA) is 12.0 Å². The molecule has 1 unspecified atom stereocenters. The van der Waals surface area contributed by atoms with Gasteiger partial charge in [-0.15, -0.1) is 0 Å². The van der Waals surface area contributed by atoms with E-state index in [1.165, 1.54) is 18.9 Å². The first kappa shape index (κ1) is 13.7. The van der Waals surface area contributed by atoms with Gasteiger partial charge < -0.3 is 5.32 Å². The molecule has 1 saturated carbocycles. The van der Waals surface area contributed by atoms with Gasteiger partial charge in [-0.1, -0.05) is 22.9 Å². The molecule has 1 aromatic carbocycles. The van der Waals surface area contributed by atoms with Crippen LogP contribution in [0, 0.1) is 11.8 Å². The van der Waals surface area contributed by atoms with Gasteiger partial charge in [0.05, 0.1) is 5.56 Å². The largest absolute Gasteiger partial charge is 0.418 e. The van der Waals surface area contributed by atoms with E-state index in [9.17, 15) is 13.2 Å². The minimum atomic E-state index is -4.32. The lowest BCUT2D eigenvalue weighted by Gasteiger charge is -2.17. The third-order valence-electron chi connectivity index (χ3n) is 3.33. The molecule has 100 valence electrons. The Bertz CT molecular complexity index is 427. The van der Waals surface area contributed by atoms with Crippen molar-refractivity contribution in [3.63, 3.8) is 0 Å². The highest BCUT2D eigenvalue weighted by Crippen LogP contribution is 2.39. The maximum Gasteiger partial charge on any atom is 0.418 e. The van der Waals surface area contributed by atoms with Crippen LogP contribution in [0.3, 0.4) is 0 Å². The van der Waals surface area contributed by atoms with Crippen LogP contribution in [0.5, 0.6) is 0 Å². The third-order valence-corrected chi connectivity index (χ3v) is 3.82. The second-order valence-electron chi connectivity index (χ2n) is 4.88. The smallest absolute Gasteiger partial charge is 0.384 e. The standard InChI is InChI=1S/C13H15BrF3N/c1-8(9-2-3-9)7-18-12-5-4-10(14)6-11(12)13(15,16)17/h4-6,8-9,18H,2-3,7H2,1H3. The molecule has 1 aliphatic rings. The number of benzene rings is 1. The lowest BCUT2D eigenvalue weighted by Crippen LogP contribution is -2.16. The first-order valence-electron chi connectivity index (χ1n) is 5.98. The molecule has 1 N–H and O–H groups in total. The summed E-state index contributed by atoms with van der Waals surface area (Å²) in [6, 6.07) is 4.22. The molecular formula is C13H15BrF3N. The van der Waals surface area contributed by atoms with E-state index in [2.05, 4.69) is 28.2 Å². The fourth-order valence-electron chi connectivity index (χ4n) is 2.01. The van der Waals surface area contributed by atoms with E-state index < -0.39 is 11.7 Å². The highest BCUT2D eigenvalue weighted by Gasteiger charge is 2.34. The summed E-state index contributed by atoms with van der Waals surface area (Å²) in [5, 5.41) is 2.93. The summed E-state index contributed by atoms with van der Waals surface area (Å²) in [7, 11) is 0. The molecule has 1 atom stereocenters. The summed E-state index contributed by atoms with van der Waals surface area (Å²) in [6.07, 6.45) is -1.92. The molecule has 1 nitrogen and oxygen atoms in total. The summed E-state index contributed by atoms with van der Waals surface area (Å²) in [6.45, 7) is 2.67. The van der Waals surface area contributed by atoms with Gasteiger partial charge in [0.1, 0.15) is 0 Å². The maximum atomic E-state index is 12.9. The van der Waals surface area contributed by atoms with E-state index in [-0.39, 0.29) is 5.69 Å². The summed E-state index contributed by atoms with van der Waals surface area (Å²) in [5.41, 5.74) is -0.446. The molecule has 0 radical (unpaired) electrons. The zero-order chi connectivity index (χ0) is 13.3. The molecule has 1 fully saturated rings. The summed E-state index contributed by atoms with van der Waals surface area (Å²) < 4.78 is 39.0. The molecule has 0 saturated heterocycles. The molecule has 0 heterocycles. The van der Waals surface area contributed by atoms with Gasteiger partial charge in [0.2, 0.25) is 0 Å². The van der Waals surface area contributed by atoms with Crippen molar-refractivity contribution in [1.82, 2.24) is 0 Å². The van der Waals surface area contributed by atoms with Gasteiger partial charge in [-0.05, 0) is 42.9 Å². The SMILES string of the molecule is CC(CNc1ccc(Br)cc1C(F)(F)F)C1CC1. The number of alkyl halides is 3. The second-order valence-corrected chi connectivity index (χ2v) is 5.80. The average Bonchev–Trinajstić information content (AvgIpc) is 3.09. The van der Waals surface area contributed by atoms with E-state index in [4.69, 9.17) is 0 Å². The van der Waals surface area contributed by atoms with Crippen LogP contribution in [-0.4, -0.2) is 6.54 Å². The Morgan fingerprint density at radius 3 is 2.61 bits per heavy atom. The highest BCUT2D eigenvalue weighted by atomic mass is 79.9. The van der Waals surface area contributed by atoms with Gasteiger partial charge in [0.25, 0.3) is 0 Å². The van der Waals surface area contributed by atoms with E-state index in [0.29, 0.717) is 22.9 Å². The number of nitrogens with one attached hydrogen (secondary N) is 1. The fraction of sp³-hybridized carbons (Fsp3) is 0.538. The summed E-state index contributed by atoms with van der Waals surface area (Å²) in [5.74, 6) is 1.11. The van der Waals surface area contributed by atoms with Crippen LogP contribution in [0.2, 0.25) is 0 Å². The molecule has 0 amide bonds. The molecule has 0 bridgehead atoms. The molecule has 1 aliphatic carbocycles. The van der Waals surface area contributed by atoms with E-state index in [1.54, 1.807) is 6.07 Å². The number of hydrogen-bond acceptors (Lipinski definition) is 1. The Balaban J connectivity index is 2.11. The van der Waals surface area contributed by atoms with Crippen LogP contribution < -0.4 is 5.32 Å². The van der Waals surface area contributed by atoms with Crippen LogP contribution in [0.1, 0.15) is 25.3 Å². The van der Waals surface area contributed by atoms with E-state index >= 15 is 0 Å². The molecule has 2 rings (SSSR count). The van der Waals surface area contributed by atoms with Crippen LogP contribution in [0.15, 0.2) is 22.7 Å². The van der Waals surface area contributed by atoms with Crippen molar-refractivity contribution < 1.29 is 13.2 Å². The lowest BCUT2D eigenvalue weighted by atomic mass is 10.1. The van der Waals surface area contributed by atoms with Crippen LogP contribution in [0.4, 0.5) is 18.9 Å². The van der Waals surface area contributed by atoms with Crippen LogP contribution in [0.25, 0.3) is 0 Å². The zero-order valence-corrected chi connectivity index (χ0v) is 11.6. The Kier molecular flexibility index (Phi) is 3.90. The molecule has 0 aromatic heterocycles. The van der Waals surface area contributed by atoms with Crippen molar-refractivity contribution in [2.45, 2.75) is 25.9 Å². The van der Waals surface area contributed by atoms with Gasteiger partial charge in [-0.3, -0.25) is 0 Å². The van der Waals surface area contributed by atoms with Crippen molar-refractivity contribution in [3.8, 4) is 0 Å². The Morgan fingerprint density at radius 1 is 1.39 bits per heavy atom. The number of rotatable bonds is 4.